The molecule has 0 aliphatic heterocycles. The van der Waals surface area contributed by atoms with Crippen LogP contribution in [0.15, 0.2) is 18.2 Å². The van der Waals surface area contributed by atoms with Gasteiger partial charge in [0, 0.05) is 11.6 Å². The summed E-state index contributed by atoms with van der Waals surface area (Å²) in [7, 11) is 0. The van der Waals surface area contributed by atoms with E-state index in [1.807, 2.05) is 12.1 Å². The van der Waals surface area contributed by atoms with Gasteiger partial charge in [-0.15, -0.1) is 0 Å². The summed E-state index contributed by atoms with van der Waals surface area (Å²) in [5, 5.41) is 11.9. The highest BCUT2D eigenvalue weighted by molar-refractivity contribution is 5.95. The van der Waals surface area contributed by atoms with Crippen LogP contribution in [0.3, 0.4) is 0 Å². The van der Waals surface area contributed by atoms with Gasteiger partial charge in [0.1, 0.15) is 0 Å². The first-order valence-corrected chi connectivity index (χ1v) is 7.15. The smallest absolute Gasteiger partial charge is 0.307 e. The number of benzene rings is 1. The van der Waals surface area contributed by atoms with E-state index in [2.05, 4.69) is 11.4 Å². The largest absolute Gasteiger partial charge is 0.481 e. The van der Waals surface area contributed by atoms with Crippen molar-refractivity contribution < 1.29 is 14.7 Å². The maximum Gasteiger partial charge on any atom is 0.307 e. The lowest BCUT2D eigenvalue weighted by Gasteiger charge is -2.21. The zero-order valence-corrected chi connectivity index (χ0v) is 12.0. The Morgan fingerprint density at radius 1 is 1.15 bits per heavy atom. The molecule has 1 amide bonds. The van der Waals surface area contributed by atoms with E-state index >= 15 is 0 Å². The van der Waals surface area contributed by atoms with Gasteiger partial charge in [-0.3, -0.25) is 9.59 Å². The summed E-state index contributed by atoms with van der Waals surface area (Å²) < 4.78 is 0. The highest BCUT2D eigenvalue weighted by Gasteiger charge is 2.26. The summed E-state index contributed by atoms with van der Waals surface area (Å²) in [5.74, 6) is -2.40. The summed E-state index contributed by atoms with van der Waals surface area (Å²) in [6, 6.07) is 5.96. The van der Waals surface area contributed by atoms with Crippen LogP contribution in [0.1, 0.15) is 37.8 Å². The Labute approximate surface area is 119 Å². The van der Waals surface area contributed by atoms with Crippen molar-refractivity contribution >= 4 is 17.6 Å². The number of nitrogens with one attached hydrogen (secondary N) is 1. The lowest BCUT2D eigenvalue weighted by Crippen LogP contribution is -2.30. The van der Waals surface area contributed by atoms with Gasteiger partial charge in [0.25, 0.3) is 0 Å². The lowest BCUT2D eigenvalue weighted by atomic mass is 9.90. The molecule has 2 rings (SSSR count). The number of aryl methyl sites for hydroxylation is 1. The minimum atomic E-state index is -0.942. The summed E-state index contributed by atoms with van der Waals surface area (Å²) in [6.45, 7) is 3.22. The van der Waals surface area contributed by atoms with Gasteiger partial charge in [0.15, 0.2) is 0 Å². The average Bonchev–Trinajstić information content (AvgIpc) is 2.46. The topological polar surface area (TPSA) is 66.4 Å². The highest BCUT2D eigenvalue weighted by Crippen LogP contribution is 2.28. The predicted octanol–water partition coefficient (Wildman–Crippen LogP) is 2.86. The van der Waals surface area contributed by atoms with E-state index in [0.717, 1.165) is 24.9 Å². The van der Waals surface area contributed by atoms with E-state index in [9.17, 15) is 9.59 Å². The van der Waals surface area contributed by atoms with E-state index in [-0.39, 0.29) is 5.91 Å². The Morgan fingerprint density at radius 2 is 1.85 bits per heavy atom. The number of carbonyl (C=O) groups is 2. The fourth-order valence-corrected chi connectivity index (χ4v) is 2.59. The first-order valence-electron chi connectivity index (χ1n) is 7.15. The Kier molecular flexibility index (Phi) is 4.42. The number of fused-ring (bicyclic) bond motifs is 1. The number of carboxylic acid groups (broad SMARTS) is 1. The molecule has 2 N–H and O–H groups in total. The molecule has 0 bridgehead atoms. The van der Waals surface area contributed by atoms with Crippen molar-refractivity contribution in [2.24, 2.45) is 11.8 Å². The Morgan fingerprint density at radius 3 is 2.55 bits per heavy atom. The summed E-state index contributed by atoms with van der Waals surface area (Å²) in [5.41, 5.74) is 3.35. The number of rotatable bonds is 4. The zero-order valence-electron chi connectivity index (χ0n) is 12.0. The minimum absolute atomic E-state index is 0.223. The van der Waals surface area contributed by atoms with Crippen LogP contribution in [-0.4, -0.2) is 17.0 Å². The van der Waals surface area contributed by atoms with Gasteiger partial charge in [-0.25, -0.2) is 0 Å². The van der Waals surface area contributed by atoms with Crippen molar-refractivity contribution in [3.8, 4) is 0 Å². The molecule has 4 heteroatoms. The normalized spacial score (nSPS) is 16.9. The fourth-order valence-electron chi connectivity index (χ4n) is 2.59. The minimum Gasteiger partial charge on any atom is -0.481 e. The van der Waals surface area contributed by atoms with E-state index in [0.29, 0.717) is 0 Å². The molecule has 0 heterocycles. The van der Waals surface area contributed by atoms with Crippen LogP contribution < -0.4 is 5.32 Å². The SMILES string of the molecule is CC(C(=O)O)C(C)C(=O)Nc1cccc2c1CCCC2. The number of carbonyl (C=O) groups excluding carboxylic acids is 1. The molecule has 0 aromatic heterocycles. The number of carboxylic acids is 1. The van der Waals surface area contributed by atoms with Crippen molar-refractivity contribution in [2.75, 3.05) is 5.32 Å². The van der Waals surface area contributed by atoms with Crippen molar-refractivity contribution in [2.45, 2.75) is 39.5 Å². The van der Waals surface area contributed by atoms with Crippen LogP contribution in [0.4, 0.5) is 5.69 Å². The van der Waals surface area contributed by atoms with Gasteiger partial charge in [0.2, 0.25) is 5.91 Å². The molecule has 0 radical (unpaired) electrons. The van der Waals surface area contributed by atoms with Gasteiger partial charge < -0.3 is 10.4 Å². The molecule has 108 valence electrons. The molecule has 1 aromatic rings. The van der Waals surface area contributed by atoms with Crippen LogP contribution >= 0.6 is 0 Å². The van der Waals surface area contributed by atoms with Crippen LogP contribution in [0, 0.1) is 11.8 Å². The predicted molar refractivity (Wildman–Crippen MR) is 77.7 cm³/mol. The molecule has 0 fully saturated rings. The molecule has 1 aliphatic rings. The molecule has 0 saturated carbocycles. The summed E-state index contributed by atoms with van der Waals surface area (Å²) in [4.78, 5) is 23.1. The second kappa shape index (κ2) is 6.07. The molecular formula is C16H21NO3. The average molecular weight is 275 g/mol. The van der Waals surface area contributed by atoms with Crippen LogP contribution in [-0.2, 0) is 22.4 Å². The first kappa shape index (κ1) is 14.6. The van der Waals surface area contributed by atoms with Crippen molar-refractivity contribution in [3.63, 3.8) is 0 Å². The maximum atomic E-state index is 12.2. The molecule has 2 atom stereocenters. The quantitative estimate of drug-likeness (QED) is 0.888. The Hall–Kier alpha value is -1.84. The highest BCUT2D eigenvalue weighted by atomic mass is 16.4. The fraction of sp³-hybridized carbons (Fsp3) is 0.500. The van der Waals surface area contributed by atoms with E-state index in [1.165, 1.54) is 17.5 Å². The van der Waals surface area contributed by atoms with Gasteiger partial charge in [-0.1, -0.05) is 26.0 Å². The van der Waals surface area contributed by atoms with Gasteiger partial charge in [-0.2, -0.15) is 0 Å². The molecule has 0 spiro atoms. The molecule has 4 nitrogen and oxygen atoms in total. The van der Waals surface area contributed by atoms with Gasteiger partial charge in [0.05, 0.1) is 5.92 Å². The van der Waals surface area contributed by atoms with E-state index in [1.54, 1.807) is 13.8 Å². The van der Waals surface area contributed by atoms with E-state index < -0.39 is 17.8 Å². The van der Waals surface area contributed by atoms with Gasteiger partial charge in [-0.05, 0) is 42.9 Å². The molecule has 0 saturated heterocycles. The second-order valence-corrected chi connectivity index (χ2v) is 5.56. The zero-order chi connectivity index (χ0) is 14.7. The van der Waals surface area contributed by atoms with E-state index in [4.69, 9.17) is 5.11 Å². The maximum absolute atomic E-state index is 12.2. The molecule has 1 aromatic carbocycles. The lowest BCUT2D eigenvalue weighted by molar-refractivity contribution is -0.145. The Balaban J connectivity index is 2.14. The molecule has 1 aliphatic carbocycles. The van der Waals surface area contributed by atoms with Crippen molar-refractivity contribution in [3.05, 3.63) is 29.3 Å². The Bertz CT molecular complexity index is 524. The first-order chi connectivity index (χ1) is 9.50. The van der Waals surface area contributed by atoms with Crippen LogP contribution in [0.5, 0.6) is 0 Å². The summed E-state index contributed by atoms with van der Waals surface area (Å²) >= 11 is 0. The number of amides is 1. The molecule has 20 heavy (non-hydrogen) atoms. The monoisotopic (exact) mass is 275 g/mol. The van der Waals surface area contributed by atoms with Crippen LogP contribution in [0.2, 0.25) is 0 Å². The molecule has 2 unspecified atom stereocenters. The third kappa shape index (κ3) is 3.00. The van der Waals surface area contributed by atoms with Crippen molar-refractivity contribution in [1.29, 1.82) is 0 Å². The third-order valence-electron chi connectivity index (χ3n) is 4.21. The van der Waals surface area contributed by atoms with Gasteiger partial charge >= 0.3 is 5.97 Å². The summed E-state index contributed by atoms with van der Waals surface area (Å²) in [6.07, 6.45) is 4.37. The van der Waals surface area contributed by atoms with Crippen LogP contribution in [0.25, 0.3) is 0 Å². The molecular weight excluding hydrogens is 254 g/mol. The number of aliphatic carboxylic acids is 1. The second-order valence-electron chi connectivity index (χ2n) is 5.56. The third-order valence-corrected chi connectivity index (χ3v) is 4.21. The number of hydrogen-bond acceptors (Lipinski definition) is 2. The standard InChI is InChI=1S/C16H21NO3/c1-10(11(2)16(19)20)15(18)17-14-9-5-7-12-6-3-4-8-13(12)14/h5,7,9-11H,3-4,6,8H2,1-2H3,(H,17,18)(H,19,20). The number of hydrogen-bond donors (Lipinski definition) is 2. The number of anilines is 1. The van der Waals surface area contributed by atoms with Crippen molar-refractivity contribution in [1.82, 2.24) is 0 Å².